The fourth-order valence-corrected chi connectivity index (χ4v) is 4.71. The molecule has 1 aromatic rings. The number of amides is 1. The summed E-state index contributed by atoms with van der Waals surface area (Å²) in [6, 6.07) is 3.08. The van der Waals surface area contributed by atoms with Gasteiger partial charge in [0.15, 0.2) is 0 Å². The van der Waals surface area contributed by atoms with Gasteiger partial charge in [0.05, 0.1) is 16.9 Å². The first-order valence-electron chi connectivity index (χ1n) is 6.63. The fraction of sp³-hybridized carbons (Fsp3) is 0.462. The summed E-state index contributed by atoms with van der Waals surface area (Å²) in [5.41, 5.74) is 0.364. The zero-order valence-corrected chi connectivity index (χ0v) is 13.6. The summed E-state index contributed by atoms with van der Waals surface area (Å²) in [4.78, 5) is 11.4. The second-order valence-corrected chi connectivity index (χ2v) is 8.16. The van der Waals surface area contributed by atoms with Crippen molar-refractivity contribution in [3.63, 3.8) is 0 Å². The number of hydrogen-bond donors (Lipinski definition) is 3. The van der Waals surface area contributed by atoms with Crippen LogP contribution in [0.5, 0.6) is 0 Å². The number of sulfonamides is 1. The third-order valence-electron chi connectivity index (χ3n) is 3.95. The van der Waals surface area contributed by atoms with Gasteiger partial charge in [0, 0.05) is 16.7 Å². The predicted octanol–water partition coefficient (Wildman–Crippen LogP) is 1.14. The molecule has 0 aromatic heterocycles. The minimum atomic E-state index is -3.74. The largest absolute Gasteiger partial charge is 0.389 e. The van der Waals surface area contributed by atoms with E-state index in [1.165, 1.54) is 6.07 Å². The number of halogens is 1. The van der Waals surface area contributed by atoms with Crippen LogP contribution >= 0.6 is 15.9 Å². The molecule has 6 nitrogen and oxygen atoms in total. The Labute approximate surface area is 131 Å². The first kappa shape index (κ1) is 15.0. The highest BCUT2D eigenvalue weighted by Gasteiger charge is 2.36. The first-order chi connectivity index (χ1) is 9.79. The van der Waals surface area contributed by atoms with Gasteiger partial charge in [-0.15, -0.1) is 0 Å². The molecular weight excluding hydrogens is 360 g/mol. The summed E-state index contributed by atoms with van der Waals surface area (Å²) < 4.78 is 27.6. The zero-order chi connectivity index (χ0) is 15.3. The van der Waals surface area contributed by atoms with E-state index in [4.69, 9.17) is 0 Å². The summed E-state index contributed by atoms with van der Waals surface area (Å²) in [7, 11) is -3.74. The smallest absolute Gasteiger partial charge is 0.241 e. The molecule has 1 heterocycles. The quantitative estimate of drug-likeness (QED) is 0.736. The van der Waals surface area contributed by atoms with Gasteiger partial charge >= 0.3 is 0 Å². The van der Waals surface area contributed by atoms with Crippen LogP contribution < -0.4 is 10.0 Å². The first-order valence-corrected chi connectivity index (χ1v) is 8.91. The molecule has 0 saturated heterocycles. The van der Waals surface area contributed by atoms with Crippen LogP contribution in [0.1, 0.15) is 24.8 Å². The molecule has 2 aliphatic rings. The van der Waals surface area contributed by atoms with Gasteiger partial charge in [-0.1, -0.05) is 0 Å². The molecular formula is C13H15BrN2O4S. The maximum atomic E-state index is 12.4. The number of hydrogen-bond acceptors (Lipinski definition) is 4. The molecule has 0 unspecified atom stereocenters. The Morgan fingerprint density at radius 3 is 2.71 bits per heavy atom. The number of carbonyl (C=O) groups excluding carboxylic acids is 1. The Hall–Kier alpha value is -0.960. The van der Waals surface area contributed by atoms with Crippen LogP contribution in [0.3, 0.4) is 0 Å². The molecule has 0 spiro atoms. The highest BCUT2D eigenvalue weighted by molar-refractivity contribution is 9.10. The van der Waals surface area contributed by atoms with Crippen LogP contribution in [0.15, 0.2) is 21.5 Å². The molecule has 3 N–H and O–H groups in total. The molecule has 0 radical (unpaired) electrons. The minimum Gasteiger partial charge on any atom is -0.389 e. The topological polar surface area (TPSA) is 95.5 Å². The highest BCUT2D eigenvalue weighted by Crippen LogP contribution is 2.34. The van der Waals surface area contributed by atoms with E-state index in [0.717, 1.165) is 6.42 Å². The molecule has 1 fully saturated rings. The molecule has 114 valence electrons. The lowest BCUT2D eigenvalue weighted by molar-refractivity contribution is -0.115. The second-order valence-electron chi connectivity index (χ2n) is 5.57. The van der Waals surface area contributed by atoms with Crippen molar-refractivity contribution in [1.82, 2.24) is 4.72 Å². The van der Waals surface area contributed by atoms with E-state index in [9.17, 15) is 18.3 Å². The molecule has 8 heteroatoms. The molecule has 3 rings (SSSR count). The van der Waals surface area contributed by atoms with Gasteiger partial charge in [-0.2, -0.15) is 0 Å². The molecule has 1 saturated carbocycles. The molecule has 1 aliphatic carbocycles. The Balaban J connectivity index is 1.85. The SMILES string of the molecule is O=C1Cc2cc(S(=O)(=O)NCC3(O)CCC3)c(Br)cc2N1. The molecule has 21 heavy (non-hydrogen) atoms. The summed E-state index contributed by atoms with van der Waals surface area (Å²) >= 11 is 3.22. The summed E-state index contributed by atoms with van der Waals surface area (Å²) in [6.45, 7) is 0.00996. The average molecular weight is 375 g/mol. The number of rotatable bonds is 4. The van der Waals surface area contributed by atoms with Crippen molar-refractivity contribution < 1.29 is 18.3 Å². The Morgan fingerprint density at radius 2 is 2.10 bits per heavy atom. The number of aliphatic hydroxyl groups is 1. The summed E-state index contributed by atoms with van der Waals surface area (Å²) in [5, 5.41) is 12.7. The standard InChI is InChI=1S/C13H15BrN2O4S/c14-9-6-10-8(5-12(17)16-10)4-11(9)21(19,20)15-7-13(18)2-1-3-13/h4,6,15,18H,1-3,5,7H2,(H,16,17). The average Bonchev–Trinajstić information content (AvgIpc) is 2.72. The van der Waals surface area contributed by atoms with E-state index in [1.807, 2.05) is 0 Å². The van der Waals surface area contributed by atoms with E-state index >= 15 is 0 Å². The third kappa shape index (κ3) is 2.85. The predicted molar refractivity (Wildman–Crippen MR) is 80.5 cm³/mol. The Morgan fingerprint density at radius 1 is 1.38 bits per heavy atom. The molecule has 1 aromatic carbocycles. The normalized spacial score (nSPS) is 19.8. The van der Waals surface area contributed by atoms with Crippen LogP contribution in [-0.2, 0) is 21.2 Å². The van der Waals surface area contributed by atoms with Gasteiger partial charge in [0.2, 0.25) is 15.9 Å². The number of anilines is 1. The lowest BCUT2D eigenvalue weighted by atomic mass is 9.81. The van der Waals surface area contributed by atoms with Crippen molar-refractivity contribution in [1.29, 1.82) is 0 Å². The van der Waals surface area contributed by atoms with Crippen LogP contribution in [-0.4, -0.2) is 31.6 Å². The number of carbonyl (C=O) groups is 1. The maximum Gasteiger partial charge on any atom is 0.241 e. The highest BCUT2D eigenvalue weighted by atomic mass is 79.9. The third-order valence-corrected chi connectivity index (χ3v) is 6.31. The van der Waals surface area contributed by atoms with Crippen molar-refractivity contribution in [3.05, 3.63) is 22.2 Å². The van der Waals surface area contributed by atoms with Crippen LogP contribution in [0.25, 0.3) is 0 Å². The number of fused-ring (bicyclic) bond motifs is 1. The fourth-order valence-electron chi connectivity index (χ4n) is 2.50. The summed E-state index contributed by atoms with van der Waals surface area (Å²) in [5.74, 6) is -0.150. The monoisotopic (exact) mass is 374 g/mol. The van der Waals surface area contributed by atoms with Crippen molar-refractivity contribution in [3.8, 4) is 0 Å². The Kier molecular flexibility index (Phi) is 3.59. The van der Waals surface area contributed by atoms with Crippen LogP contribution in [0.4, 0.5) is 5.69 Å². The van der Waals surface area contributed by atoms with Gasteiger partial charge in [-0.05, 0) is 52.9 Å². The van der Waals surface area contributed by atoms with Gasteiger partial charge in [0.1, 0.15) is 0 Å². The lowest BCUT2D eigenvalue weighted by Crippen LogP contribution is -2.47. The van der Waals surface area contributed by atoms with E-state index < -0.39 is 15.6 Å². The van der Waals surface area contributed by atoms with E-state index in [2.05, 4.69) is 26.0 Å². The molecule has 0 bridgehead atoms. The van der Waals surface area contributed by atoms with E-state index in [0.29, 0.717) is 28.6 Å². The lowest BCUT2D eigenvalue weighted by Gasteiger charge is -2.36. The minimum absolute atomic E-state index is 0.00996. The van der Waals surface area contributed by atoms with Crippen LogP contribution in [0.2, 0.25) is 0 Å². The molecule has 1 amide bonds. The van der Waals surface area contributed by atoms with Gasteiger partial charge in [-0.25, -0.2) is 13.1 Å². The van der Waals surface area contributed by atoms with Gasteiger partial charge in [-0.3, -0.25) is 4.79 Å². The van der Waals surface area contributed by atoms with Gasteiger partial charge in [0.25, 0.3) is 0 Å². The summed E-state index contributed by atoms with van der Waals surface area (Å²) in [6.07, 6.45) is 2.31. The van der Waals surface area contributed by atoms with Crippen LogP contribution in [0, 0.1) is 0 Å². The van der Waals surface area contributed by atoms with Crippen molar-refractivity contribution in [2.75, 3.05) is 11.9 Å². The zero-order valence-electron chi connectivity index (χ0n) is 11.1. The van der Waals surface area contributed by atoms with Crippen molar-refractivity contribution in [2.24, 2.45) is 0 Å². The Bertz CT molecular complexity index is 713. The van der Waals surface area contributed by atoms with Crippen molar-refractivity contribution in [2.45, 2.75) is 36.2 Å². The maximum absolute atomic E-state index is 12.4. The number of nitrogens with one attached hydrogen (secondary N) is 2. The van der Waals surface area contributed by atoms with E-state index in [-0.39, 0.29) is 23.8 Å². The number of benzene rings is 1. The molecule has 1 aliphatic heterocycles. The van der Waals surface area contributed by atoms with Gasteiger partial charge < -0.3 is 10.4 Å². The van der Waals surface area contributed by atoms with E-state index in [1.54, 1.807) is 6.07 Å². The molecule has 0 atom stereocenters. The second kappa shape index (κ2) is 5.05. The van der Waals surface area contributed by atoms with Crippen molar-refractivity contribution >= 4 is 37.5 Å².